The van der Waals surface area contributed by atoms with Crippen molar-refractivity contribution in [1.29, 1.82) is 0 Å². The number of anilines is 1. The molecule has 1 fully saturated rings. The number of nitrogens with one attached hydrogen (secondary N) is 1. The minimum atomic E-state index is -0.0193. The molecule has 2 heterocycles. The van der Waals surface area contributed by atoms with Crippen molar-refractivity contribution in [2.24, 2.45) is 5.73 Å². The fraction of sp³-hybridized carbons (Fsp3) is 0.455. The number of aromatic nitrogens is 2. The fourth-order valence-corrected chi connectivity index (χ4v) is 2.79. The second kappa shape index (κ2) is 3.68. The lowest BCUT2D eigenvalue weighted by Crippen LogP contribution is -2.52. The van der Waals surface area contributed by atoms with Crippen molar-refractivity contribution in [3.05, 3.63) is 17.8 Å². The van der Waals surface area contributed by atoms with Crippen molar-refractivity contribution in [2.45, 2.75) is 24.8 Å². The van der Waals surface area contributed by atoms with Gasteiger partial charge in [-0.3, -0.25) is 0 Å². The first kappa shape index (κ1) is 9.99. The SMILES string of the molecule is NC1(CNc2ncnc3ccsc23)CCC1. The number of rotatable bonds is 3. The van der Waals surface area contributed by atoms with E-state index < -0.39 is 0 Å². The van der Waals surface area contributed by atoms with Crippen LogP contribution in [0, 0.1) is 0 Å². The molecule has 4 nitrogen and oxygen atoms in total. The molecular formula is C11H14N4S. The maximum atomic E-state index is 6.17. The number of hydrogen-bond acceptors (Lipinski definition) is 5. The first-order valence-corrected chi connectivity index (χ1v) is 6.36. The average Bonchev–Trinajstić information content (AvgIpc) is 2.72. The number of hydrogen-bond donors (Lipinski definition) is 2. The summed E-state index contributed by atoms with van der Waals surface area (Å²) in [4.78, 5) is 8.48. The van der Waals surface area contributed by atoms with E-state index in [1.54, 1.807) is 17.7 Å². The van der Waals surface area contributed by atoms with Crippen molar-refractivity contribution in [1.82, 2.24) is 9.97 Å². The third-order valence-electron chi connectivity index (χ3n) is 3.20. The van der Waals surface area contributed by atoms with Crippen LogP contribution in [0.1, 0.15) is 19.3 Å². The van der Waals surface area contributed by atoms with Gasteiger partial charge in [-0.25, -0.2) is 9.97 Å². The molecule has 2 aromatic rings. The molecule has 0 radical (unpaired) electrons. The first-order chi connectivity index (χ1) is 7.77. The molecule has 16 heavy (non-hydrogen) atoms. The third-order valence-corrected chi connectivity index (χ3v) is 4.11. The lowest BCUT2D eigenvalue weighted by Gasteiger charge is -2.38. The standard InChI is InChI=1S/C11H14N4S/c12-11(3-1-4-11)6-13-10-9-8(2-5-16-9)14-7-15-10/h2,5,7H,1,3-4,6,12H2,(H,13,14,15). The molecule has 84 valence electrons. The second-order valence-electron chi connectivity index (χ2n) is 4.43. The van der Waals surface area contributed by atoms with Gasteiger partial charge in [-0.05, 0) is 30.7 Å². The molecule has 1 aliphatic rings. The molecular weight excluding hydrogens is 220 g/mol. The molecule has 0 spiro atoms. The molecule has 0 aromatic carbocycles. The summed E-state index contributed by atoms with van der Waals surface area (Å²) in [7, 11) is 0. The summed E-state index contributed by atoms with van der Waals surface area (Å²) < 4.78 is 1.12. The van der Waals surface area contributed by atoms with Gasteiger partial charge in [0.05, 0.1) is 10.2 Å². The molecule has 3 N–H and O–H groups in total. The molecule has 5 heteroatoms. The van der Waals surface area contributed by atoms with Crippen LogP contribution in [0.15, 0.2) is 17.8 Å². The predicted octanol–water partition coefficient (Wildman–Crippen LogP) is 1.98. The highest BCUT2D eigenvalue weighted by Crippen LogP contribution is 2.30. The Hall–Kier alpha value is -1.20. The highest BCUT2D eigenvalue weighted by Gasteiger charge is 2.32. The lowest BCUT2D eigenvalue weighted by atomic mass is 9.78. The van der Waals surface area contributed by atoms with Crippen LogP contribution in [0.3, 0.4) is 0 Å². The predicted molar refractivity (Wildman–Crippen MR) is 66.7 cm³/mol. The van der Waals surface area contributed by atoms with E-state index in [9.17, 15) is 0 Å². The summed E-state index contributed by atoms with van der Waals surface area (Å²) in [6.45, 7) is 0.803. The van der Waals surface area contributed by atoms with E-state index in [0.717, 1.165) is 35.4 Å². The highest BCUT2D eigenvalue weighted by molar-refractivity contribution is 7.17. The van der Waals surface area contributed by atoms with Gasteiger partial charge in [-0.2, -0.15) is 0 Å². The van der Waals surface area contributed by atoms with Gasteiger partial charge in [-0.15, -0.1) is 11.3 Å². The largest absolute Gasteiger partial charge is 0.367 e. The van der Waals surface area contributed by atoms with Gasteiger partial charge in [-0.1, -0.05) is 0 Å². The zero-order valence-corrected chi connectivity index (χ0v) is 9.76. The Morgan fingerprint density at radius 2 is 2.31 bits per heavy atom. The molecule has 0 unspecified atom stereocenters. The van der Waals surface area contributed by atoms with E-state index in [0.29, 0.717) is 0 Å². The van der Waals surface area contributed by atoms with Crippen molar-refractivity contribution < 1.29 is 0 Å². The van der Waals surface area contributed by atoms with Gasteiger partial charge in [0.15, 0.2) is 0 Å². The second-order valence-corrected chi connectivity index (χ2v) is 5.34. The summed E-state index contributed by atoms with van der Waals surface area (Å²) in [6, 6.07) is 2.01. The number of nitrogens with two attached hydrogens (primary N) is 1. The van der Waals surface area contributed by atoms with E-state index in [1.807, 2.05) is 11.4 Å². The maximum Gasteiger partial charge on any atom is 0.147 e. The Kier molecular flexibility index (Phi) is 2.29. The van der Waals surface area contributed by atoms with Gasteiger partial charge in [0.1, 0.15) is 12.1 Å². The molecule has 3 rings (SSSR count). The minimum absolute atomic E-state index is 0.0193. The number of thiophene rings is 1. The minimum Gasteiger partial charge on any atom is -0.367 e. The van der Waals surface area contributed by atoms with Gasteiger partial charge in [0, 0.05) is 12.1 Å². The Labute approximate surface area is 97.9 Å². The van der Waals surface area contributed by atoms with E-state index in [4.69, 9.17) is 5.73 Å². The molecule has 0 saturated heterocycles. The van der Waals surface area contributed by atoms with Crippen LogP contribution in [-0.2, 0) is 0 Å². The Bertz CT molecular complexity index is 503. The summed E-state index contributed by atoms with van der Waals surface area (Å²) in [5.74, 6) is 0.914. The van der Waals surface area contributed by atoms with Gasteiger partial charge < -0.3 is 11.1 Å². The monoisotopic (exact) mass is 234 g/mol. The molecule has 1 aliphatic carbocycles. The van der Waals surface area contributed by atoms with E-state index >= 15 is 0 Å². The quantitative estimate of drug-likeness (QED) is 0.852. The summed E-state index contributed by atoms with van der Waals surface area (Å²) >= 11 is 1.66. The van der Waals surface area contributed by atoms with Crippen molar-refractivity contribution in [2.75, 3.05) is 11.9 Å². The van der Waals surface area contributed by atoms with Crippen LogP contribution < -0.4 is 11.1 Å². The number of nitrogens with zero attached hydrogens (tertiary/aromatic N) is 2. The van der Waals surface area contributed by atoms with E-state index in [1.165, 1.54) is 6.42 Å². The fourth-order valence-electron chi connectivity index (χ4n) is 1.98. The highest BCUT2D eigenvalue weighted by atomic mass is 32.1. The normalized spacial score (nSPS) is 18.3. The van der Waals surface area contributed by atoms with Crippen LogP contribution in [0.5, 0.6) is 0 Å². The van der Waals surface area contributed by atoms with E-state index in [-0.39, 0.29) is 5.54 Å². The molecule has 0 amide bonds. The van der Waals surface area contributed by atoms with Crippen molar-refractivity contribution in [3.63, 3.8) is 0 Å². The van der Waals surface area contributed by atoms with Crippen LogP contribution in [0.4, 0.5) is 5.82 Å². The average molecular weight is 234 g/mol. The lowest BCUT2D eigenvalue weighted by molar-refractivity contribution is 0.265. The number of fused-ring (bicyclic) bond motifs is 1. The maximum absolute atomic E-state index is 6.17. The summed E-state index contributed by atoms with van der Waals surface area (Å²) in [5, 5.41) is 5.38. The topological polar surface area (TPSA) is 63.8 Å². The molecule has 0 bridgehead atoms. The van der Waals surface area contributed by atoms with Gasteiger partial charge in [0.25, 0.3) is 0 Å². The Morgan fingerprint density at radius 3 is 3.06 bits per heavy atom. The molecule has 0 atom stereocenters. The van der Waals surface area contributed by atoms with Crippen LogP contribution in [-0.4, -0.2) is 22.1 Å². The Morgan fingerprint density at radius 1 is 1.44 bits per heavy atom. The third kappa shape index (κ3) is 1.66. The van der Waals surface area contributed by atoms with Crippen LogP contribution >= 0.6 is 11.3 Å². The van der Waals surface area contributed by atoms with Gasteiger partial charge >= 0.3 is 0 Å². The molecule has 1 saturated carbocycles. The summed E-state index contributed by atoms with van der Waals surface area (Å²) in [6.07, 6.45) is 5.06. The first-order valence-electron chi connectivity index (χ1n) is 5.48. The smallest absolute Gasteiger partial charge is 0.147 e. The zero-order chi connectivity index (χ0) is 11.0. The van der Waals surface area contributed by atoms with Crippen LogP contribution in [0.2, 0.25) is 0 Å². The van der Waals surface area contributed by atoms with E-state index in [2.05, 4.69) is 15.3 Å². The molecule has 0 aliphatic heterocycles. The Balaban J connectivity index is 1.81. The van der Waals surface area contributed by atoms with Crippen LogP contribution in [0.25, 0.3) is 10.2 Å². The van der Waals surface area contributed by atoms with Crippen molar-refractivity contribution in [3.8, 4) is 0 Å². The molecule has 2 aromatic heterocycles. The summed E-state index contributed by atoms with van der Waals surface area (Å²) in [5.41, 5.74) is 7.15. The van der Waals surface area contributed by atoms with Gasteiger partial charge in [0.2, 0.25) is 0 Å². The van der Waals surface area contributed by atoms with Crippen molar-refractivity contribution >= 4 is 27.4 Å². The zero-order valence-electron chi connectivity index (χ0n) is 8.94.